The lowest BCUT2D eigenvalue weighted by Crippen LogP contribution is -2.33. The highest BCUT2D eigenvalue weighted by molar-refractivity contribution is 9.10. The van der Waals surface area contributed by atoms with E-state index in [0.717, 1.165) is 17.3 Å². The van der Waals surface area contributed by atoms with Crippen LogP contribution in [0.25, 0.3) is 0 Å². The van der Waals surface area contributed by atoms with Crippen LogP contribution in [0.1, 0.15) is 44.0 Å². The molecule has 0 spiro atoms. The first-order valence-electron chi connectivity index (χ1n) is 6.62. The molecule has 0 heterocycles. The average molecular weight is 328 g/mol. The van der Waals surface area contributed by atoms with E-state index < -0.39 is 0 Å². The Labute approximate surface area is 123 Å². The fraction of sp³-hybridized carbons (Fsp3) is 0.533. The minimum Gasteiger partial charge on any atom is -0.496 e. The zero-order valence-electron chi connectivity index (χ0n) is 12.0. The van der Waals surface area contributed by atoms with Crippen molar-refractivity contribution in [2.75, 3.05) is 7.11 Å². The van der Waals surface area contributed by atoms with E-state index in [1.165, 1.54) is 0 Å². The van der Waals surface area contributed by atoms with Crippen molar-refractivity contribution in [1.82, 2.24) is 5.32 Å². The quantitative estimate of drug-likeness (QED) is 0.857. The van der Waals surface area contributed by atoms with Gasteiger partial charge in [0.2, 0.25) is 0 Å². The zero-order chi connectivity index (χ0) is 14.4. The van der Waals surface area contributed by atoms with Gasteiger partial charge in [-0.25, -0.2) is 0 Å². The van der Waals surface area contributed by atoms with E-state index in [4.69, 9.17) is 4.74 Å². The molecule has 1 aromatic rings. The van der Waals surface area contributed by atoms with Gasteiger partial charge in [0.05, 0.1) is 12.7 Å². The predicted octanol–water partition coefficient (Wildman–Crippen LogP) is 4.01. The zero-order valence-corrected chi connectivity index (χ0v) is 13.6. The van der Waals surface area contributed by atoms with Crippen molar-refractivity contribution in [3.8, 4) is 5.75 Å². The van der Waals surface area contributed by atoms with Gasteiger partial charge in [0.15, 0.2) is 0 Å². The third-order valence-electron chi connectivity index (χ3n) is 3.24. The molecule has 0 aliphatic carbocycles. The van der Waals surface area contributed by atoms with Gasteiger partial charge in [-0.05, 0) is 37.5 Å². The largest absolute Gasteiger partial charge is 0.496 e. The number of ether oxygens (including phenoxy) is 1. The lowest BCUT2D eigenvalue weighted by atomic mass is 10.00. The Bertz CT molecular complexity index is 434. The van der Waals surface area contributed by atoms with E-state index in [2.05, 4.69) is 35.1 Å². The molecule has 4 heteroatoms. The molecule has 3 nitrogen and oxygen atoms in total. The molecule has 19 heavy (non-hydrogen) atoms. The number of carbonyl (C=O) groups excluding carboxylic acids is 1. The number of methoxy groups -OCH3 is 1. The topological polar surface area (TPSA) is 38.3 Å². The van der Waals surface area contributed by atoms with Crippen LogP contribution in [0, 0.1) is 5.92 Å². The summed E-state index contributed by atoms with van der Waals surface area (Å²) in [6.45, 7) is 6.40. The molecule has 2 unspecified atom stereocenters. The summed E-state index contributed by atoms with van der Waals surface area (Å²) in [5, 5.41) is 3.02. The van der Waals surface area contributed by atoms with Gasteiger partial charge in [0.1, 0.15) is 5.75 Å². The van der Waals surface area contributed by atoms with Crippen LogP contribution in [-0.2, 0) is 0 Å². The third kappa shape index (κ3) is 4.86. The van der Waals surface area contributed by atoms with Crippen LogP contribution in [0.15, 0.2) is 22.7 Å². The van der Waals surface area contributed by atoms with Gasteiger partial charge >= 0.3 is 0 Å². The lowest BCUT2D eigenvalue weighted by molar-refractivity contribution is 0.0932. The predicted molar refractivity (Wildman–Crippen MR) is 81.7 cm³/mol. The van der Waals surface area contributed by atoms with Gasteiger partial charge in [-0.1, -0.05) is 36.2 Å². The summed E-state index contributed by atoms with van der Waals surface area (Å²) < 4.78 is 6.14. The molecule has 0 saturated heterocycles. The van der Waals surface area contributed by atoms with Crippen molar-refractivity contribution in [1.29, 1.82) is 0 Å². The summed E-state index contributed by atoms with van der Waals surface area (Å²) in [7, 11) is 1.57. The van der Waals surface area contributed by atoms with Crippen molar-refractivity contribution < 1.29 is 9.53 Å². The highest BCUT2D eigenvalue weighted by Gasteiger charge is 2.15. The molecule has 1 amide bonds. The van der Waals surface area contributed by atoms with Crippen molar-refractivity contribution in [2.45, 2.75) is 39.7 Å². The number of hydrogen-bond donors (Lipinski definition) is 1. The van der Waals surface area contributed by atoms with E-state index in [0.29, 0.717) is 17.2 Å². The highest BCUT2D eigenvalue weighted by atomic mass is 79.9. The number of hydrogen-bond acceptors (Lipinski definition) is 2. The molecule has 0 bridgehead atoms. The molecule has 0 aliphatic heterocycles. The first-order chi connectivity index (χ1) is 8.97. The molecule has 2 atom stereocenters. The van der Waals surface area contributed by atoms with Crippen LogP contribution in [0.4, 0.5) is 0 Å². The smallest absolute Gasteiger partial charge is 0.255 e. The molecule has 0 aromatic heterocycles. The number of carbonyl (C=O) groups is 1. The minimum absolute atomic E-state index is 0.0832. The Morgan fingerprint density at radius 2 is 2.11 bits per heavy atom. The van der Waals surface area contributed by atoms with Crippen molar-refractivity contribution in [3.63, 3.8) is 0 Å². The normalized spacial score (nSPS) is 13.7. The van der Waals surface area contributed by atoms with Crippen LogP contribution < -0.4 is 10.1 Å². The van der Waals surface area contributed by atoms with E-state index in [9.17, 15) is 4.79 Å². The summed E-state index contributed by atoms with van der Waals surface area (Å²) in [5.74, 6) is 1.12. The monoisotopic (exact) mass is 327 g/mol. The van der Waals surface area contributed by atoms with Crippen LogP contribution in [0.3, 0.4) is 0 Å². The Kier molecular flexibility index (Phi) is 6.35. The third-order valence-corrected chi connectivity index (χ3v) is 3.73. The first-order valence-corrected chi connectivity index (χ1v) is 7.41. The van der Waals surface area contributed by atoms with Crippen molar-refractivity contribution >= 4 is 21.8 Å². The van der Waals surface area contributed by atoms with E-state index in [1.807, 2.05) is 13.0 Å². The van der Waals surface area contributed by atoms with Crippen LogP contribution in [0.2, 0.25) is 0 Å². The SMILES string of the molecule is CCC(C)CC(C)NC(=O)c1ccc(Br)cc1OC. The Morgan fingerprint density at radius 3 is 2.68 bits per heavy atom. The fourth-order valence-electron chi connectivity index (χ4n) is 1.98. The number of benzene rings is 1. The Morgan fingerprint density at radius 1 is 1.42 bits per heavy atom. The maximum absolute atomic E-state index is 12.2. The Hall–Kier alpha value is -1.03. The summed E-state index contributed by atoms with van der Waals surface area (Å²) in [4.78, 5) is 12.2. The molecule has 106 valence electrons. The van der Waals surface area contributed by atoms with Gasteiger partial charge in [-0.3, -0.25) is 4.79 Å². The summed E-state index contributed by atoms with van der Waals surface area (Å²) >= 11 is 3.37. The molecule has 1 aromatic carbocycles. The standard InChI is InChI=1S/C15H22BrNO2/c1-5-10(2)8-11(3)17-15(18)13-7-6-12(16)9-14(13)19-4/h6-7,9-11H,5,8H2,1-4H3,(H,17,18). The number of nitrogens with one attached hydrogen (secondary N) is 1. The maximum atomic E-state index is 12.2. The first kappa shape index (κ1) is 16.0. The molecule has 0 aliphatic rings. The second kappa shape index (κ2) is 7.53. The van der Waals surface area contributed by atoms with Crippen LogP contribution in [0.5, 0.6) is 5.75 Å². The van der Waals surface area contributed by atoms with Gasteiger partial charge in [0.25, 0.3) is 5.91 Å². The Balaban J connectivity index is 2.73. The van der Waals surface area contributed by atoms with Gasteiger partial charge in [0, 0.05) is 10.5 Å². The van der Waals surface area contributed by atoms with Crippen molar-refractivity contribution in [2.24, 2.45) is 5.92 Å². The lowest BCUT2D eigenvalue weighted by Gasteiger charge is -2.18. The average Bonchev–Trinajstić information content (AvgIpc) is 2.37. The van der Waals surface area contributed by atoms with Crippen molar-refractivity contribution in [3.05, 3.63) is 28.2 Å². The van der Waals surface area contributed by atoms with Gasteiger partial charge < -0.3 is 10.1 Å². The minimum atomic E-state index is -0.0832. The number of halogens is 1. The van der Waals surface area contributed by atoms with Gasteiger partial charge in [-0.2, -0.15) is 0 Å². The summed E-state index contributed by atoms with van der Waals surface area (Å²) in [6.07, 6.45) is 2.11. The van der Waals surface area contributed by atoms with Gasteiger partial charge in [-0.15, -0.1) is 0 Å². The number of amides is 1. The van der Waals surface area contributed by atoms with E-state index in [-0.39, 0.29) is 11.9 Å². The van der Waals surface area contributed by atoms with E-state index in [1.54, 1.807) is 19.2 Å². The number of rotatable bonds is 6. The molecule has 0 radical (unpaired) electrons. The fourth-order valence-corrected chi connectivity index (χ4v) is 2.32. The molecule has 1 rings (SSSR count). The summed E-state index contributed by atoms with van der Waals surface area (Å²) in [5.41, 5.74) is 0.571. The molecule has 1 N–H and O–H groups in total. The van der Waals surface area contributed by atoms with E-state index >= 15 is 0 Å². The molecular weight excluding hydrogens is 306 g/mol. The second-order valence-electron chi connectivity index (χ2n) is 4.97. The molecule has 0 fully saturated rings. The summed E-state index contributed by atoms with van der Waals surface area (Å²) in [6, 6.07) is 5.58. The molecule has 0 saturated carbocycles. The van der Waals surface area contributed by atoms with Crippen LogP contribution >= 0.6 is 15.9 Å². The van der Waals surface area contributed by atoms with Crippen LogP contribution in [-0.4, -0.2) is 19.1 Å². The second-order valence-corrected chi connectivity index (χ2v) is 5.88. The highest BCUT2D eigenvalue weighted by Crippen LogP contribution is 2.23. The molecular formula is C15H22BrNO2. The maximum Gasteiger partial charge on any atom is 0.255 e.